The zero-order chi connectivity index (χ0) is 25.9. The quantitative estimate of drug-likeness (QED) is 0.317. The van der Waals surface area contributed by atoms with E-state index in [9.17, 15) is 4.79 Å². The molecular formula is C29H29N5O3. The van der Waals surface area contributed by atoms with Gasteiger partial charge in [0.25, 0.3) is 5.91 Å². The summed E-state index contributed by atoms with van der Waals surface area (Å²) in [5.74, 6) is 1.10. The van der Waals surface area contributed by atoms with E-state index >= 15 is 0 Å². The molecule has 0 bridgehead atoms. The number of para-hydroxylation sites is 2. The maximum Gasteiger partial charge on any atom is 0.257 e. The molecule has 0 fully saturated rings. The fourth-order valence-electron chi connectivity index (χ4n) is 4.50. The van der Waals surface area contributed by atoms with Gasteiger partial charge >= 0.3 is 0 Å². The van der Waals surface area contributed by atoms with Crippen molar-refractivity contribution in [1.82, 2.24) is 19.9 Å². The first-order valence-corrected chi connectivity index (χ1v) is 12.1. The minimum atomic E-state index is -0.298. The highest BCUT2D eigenvalue weighted by Crippen LogP contribution is 2.36. The Hall–Kier alpha value is -4.59. The second-order valence-corrected chi connectivity index (χ2v) is 8.92. The Morgan fingerprint density at radius 1 is 0.973 bits per heavy atom. The Kier molecular flexibility index (Phi) is 6.64. The summed E-state index contributed by atoms with van der Waals surface area (Å²) in [6, 6.07) is 23.0. The van der Waals surface area contributed by atoms with Gasteiger partial charge in [-0.2, -0.15) is 0 Å². The monoisotopic (exact) mass is 495 g/mol. The molecule has 1 amide bonds. The summed E-state index contributed by atoms with van der Waals surface area (Å²) in [6.45, 7) is 1.99. The van der Waals surface area contributed by atoms with Crippen molar-refractivity contribution in [1.29, 1.82) is 0 Å². The molecule has 3 N–H and O–H groups in total. The third-order valence-electron chi connectivity index (χ3n) is 6.44. The third kappa shape index (κ3) is 4.65. The lowest BCUT2D eigenvalue weighted by Crippen LogP contribution is -2.33. The Balaban J connectivity index is 1.60. The van der Waals surface area contributed by atoms with Gasteiger partial charge in [-0.05, 0) is 49.6 Å². The van der Waals surface area contributed by atoms with E-state index in [1.807, 2.05) is 49.4 Å². The molecule has 0 aliphatic carbocycles. The van der Waals surface area contributed by atoms with Crippen molar-refractivity contribution >= 4 is 33.9 Å². The molecule has 2 aromatic heterocycles. The number of hydrogen-bond acceptors (Lipinski definition) is 6. The second kappa shape index (κ2) is 10.2. The predicted octanol–water partition coefficient (Wildman–Crippen LogP) is 4.92. The zero-order valence-electron chi connectivity index (χ0n) is 21.1. The van der Waals surface area contributed by atoms with Crippen LogP contribution in [-0.2, 0) is 6.42 Å². The van der Waals surface area contributed by atoms with E-state index in [0.717, 1.165) is 12.8 Å². The Morgan fingerprint density at radius 2 is 1.68 bits per heavy atom. The maximum atomic E-state index is 13.6. The number of nitrogens with one attached hydrogen (secondary N) is 1. The number of hydrogen-bond donors (Lipinski definition) is 2. The molecule has 37 heavy (non-hydrogen) atoms. The zero-order valence-corrected chi connectivity index (χ0v) is 21.1. The first-order valence-electron chi connectivity index (χ1n) is 12.1. The van der Waals surface area contributed by atoms with E-state index in [2.05, 4.69) is 17.4 Å². The SMILES string of the molecule is COc1ccc(OC)c(-n2c(N)c(C(=O)N[C@@H](C)CCc3ccccc3)c3nc4ccccc4nc32)c1. The van der Waals surface area contributed by atoms with E-state index in [0.29, 0.717) is 39.4 Å². The average molecular weight is 496 g/mol. The van der Waals surface area contributed by atoms with Crippen LogP contribution < -0.4 is 20.5 Å². The van der Waals surface area contributed by atoms with Gasteiger partial charge in [0.2, 0.25) is 0 Å². The van der Waals surface area contributed by atoms with Gasteiger partial charge in [-0.15, -0.1) is 0 Å². The summed E-state index contributed by atoms with van der Waals surface area (Å²) in [7, 11) is 3.17. The highest BCUT2D eigenvalue weighted by atomic mass is 16.5. The molecule has 0 aliphatic rings. The number of aryl methyl sites for hydroxylation is 1. The molecule has 0 aliphatic heterocycles. The number of anilines is 1. The number of aromatic nitrogens is 3. The van der Waals surface area contributed by atoms with Crippen molar-refractivity contribution in [3.8, 4) is 17.2 Å². The standard InChI is InChI=1S/C29H29N5O3/c1-18(13-14-19-9-5-4-6-10-19)31-29(35)25-26-28(33-22-12-8-7-11-21(22)32-26)34(27(25)30)23-17-20(36-2)15-16-24(23)37-3/h4-12,15-18H,13-14,30H2,1-3H3,(H,31,35)/t18-/m0/s1. The van der Waals surface area contributed by atoms with Crippen LogP contribution in [0.4, 0.5) is 5.82 Å². The van der Waals surface area contributed by atoms with E-state index in [1.54, 1.807) is 37.0 Å². The second-order valence-electron chi connectivity index (χ2n) is 8.92. The Morgan fingerprint density at radius 3 is 2.38 bits per heavy atom. The lowest BCUT2D eigenvalue weighted by Gasteiger charge is -2.15. The number of nitrogens with two attached hydrogens (primary N) is 1. The summed E-state index contributed by atoms with van der Waals surface area (Å²) < 4.78 is 12.8. The van der Waals surface area contributed by atoms with E-state index in [1.165, 1.54) is 5.56 Å². The van der Waals surface area contributed by atoms with Crippen LogP contribution in [0.2, 0.25) is 0 Å². The molecule has 0 spiro atoms. The number of methoxy groups -OCH3 is 2. The summed E-state index contributed by atoms with van der Waals surface area (Å²) in [5.41, 5.74) is 11.1. The first-order chi connectivity index (χ1) is 18.0. The Bertz CT molecular complexity index is 1580. The topological polar surface area (TPSA) is 104 Å². The van der Waals surface area contributed by atoms with Crippen LogP contribution in [0.1, 0.15) is 29.3 Å². The molecule has 0 unspecified atom stereocenters. The molecule has 1 atom stereocenters. The number of amides is 1. The van der Waals surface area contributed by atoms with Gasteiger partial charge in [-0.3, -0.25) is 9.36 Å². The number of nitrogen functional groups attached to an aromatic ring is 1. The molecule has 0 saturated carbocycles. The molecular weight excluding hydrogens is 466 g/mol. The van der Waals surface area contributed by atoms with Gasteiger partial charge in [0.15, 0.2) is 5.65 Å². The highest BCUT2D eigenvalue weighted by molar-refractivity contribution is 6.11. The lowest BCUT2D eigenvalue weighted by molar-refractivity contribution is 0.0941. The number of ether oxygens (including phenoxy) is 2. The predicted molar refractivity (Wildman–Crippen MR) is 146 cm³/mol. The number of benzene rings is 3. The maximum absolute atomic E-state index is 13.6. The van der Waals surface area contributed by atoms with Crippen LogP contribution in [-0.4, -0.2) is 40.7 Å². The third-order valence-corrected chi connectivity index (χ3v) is 6.44. The van der Waals surface area contributed by atoms with Gasteiger partial charge in [-0.1, -0.05) is 42.5 Å². The molecule has 5 aromatic rings. The van der Waals surface area contributed by atoms with E-state index in [4.69, 9.17) is 25.2 Å². The van der Waals surface area contributed by atoms with Gasteiger partial charge in [-0.25, -0.2) is 9.97 Å². The van der Waals surface area contributed by atoms with E-state index in [-0.39, 0.29) is 23.3 Å². The van der Waals surface area contributed by atoms with Crippen LogP contribution in [0.15, 0.2) is 72.8 Å². The molecule has 8 heteroatoms. The highest BCUT2D eigenvalue weighted by Gasteiger charge is 2.27. The number of nitrogens with zero attached hydrogens (tertiary/aromatic N) is 3. The summed E-state index contributed by atoms with van der Waals surface area (Å²) in [5, 5.41) is 3.11. The average Bonchev–Trinajstić information content (AvgIpc) is 3.21. The molecule has 5 rings (SSSR count). The molecule has 3 aromatic carbocycles. The lowest BCUT2D eigenvalue weighted by atomic mass is 10.1. The van der Waals surface area contributed by atoms with Crippen molar-refractivity contribution in [3.05, 3.63) is 83.9 Å². The normalized spacial score (nSPS) is 12.0. The van der Waals surface area contributed by atoms with Crippen LogP contribution in [0.5, 0.6) is 11.5 Å². The van der Waals surface area contributed by atoms with Crippen LogP contribution in [0.3, 0.4) is 0 Å². The minimum absolute atomic E-state index is 0.0784. The largest absolute Gasteiger partial charge is 0.497 e. The van der Waals surface area contributed by atoms with Crippen LogP contribution >= 0.6 is 0 Å². The van der Waals surface area contributed by atoms with Crippen LogP contribution in [0, 0.1) is 0 Å². The van der Waals surface area contributed by atoms with Crippen LogP contribution in [0.25, 0.3) is 27.9 Å². The molecule has 0 radical (unpaired) electrons. The summed E-state index contributed by atoms with van der Waals surface area (Å²) >= 11 is 0. The minimum Gasteiger partial charge on any atom is -0.497 e. The van der Waals surface area contributed by atoms with Crippen molar-refractivity contribution in [3.63, 3.8) is 0 Å². The van der Waals surface area contributed by atoms with Gasteiger partial charge in [0, 0.05) is 12.1 Å². The van der Waals surface area contributed by atoms with E-state index < -0.39 is 0 Å². The fourth-order valence-corrected chi connectivity index (χ4v) is 4.50. The number of carbonyl (C=O) groups excluding carboxylic acids is 1. The number of fused-ring (bicyclic) bond motifs is 2. The van der Waals surface area contributed by atoms with Gasteiger partial charge in [0.05, 0.1) is 30.9 Å². The number of rotatable bonds is 8. The van der Waals surface area contributed by atoms with Crippen molar-refractivity contribution in [2.75, 3.05) is 20.0 Å². The van der Waals surface area contributed by atoms with Crippen molar-refractivity contribution in [2.24, 2.45) is 0 Å². The summed E-state index contributed by atoms with van der Waals surface area (Å²) in [4.78, 5) is 23.3. The van der Waals surface area contributed by atoms with Gasteiger partial charge in [0.1, 0.15) is 28.4 Å². The fraction of sp³-hybridized carbons (Fsp3) is 0.207. The summed E-state index contributed by atoms with van der Waals surface area (Å²) in [6.07, 6.45) is 1.64. The molecule has 2 heterocycles. The first kappa shape index (κ1) is 24.1. The molecule has 8 nitrogen and oxygen atoms in total. The Labute approximate surface area is 215 Å². The van der Waals surface area contributed by atoms with Crippen molar-refractivity contribution < 1.29 is 14.3 Å². The number of carbonyl (C=O) groups is 1. The van der Waals surface area contributed by atoms with Gasteiger partial charge < -0.3 is 20.5 Å². The molecule has 0 saturated heterocycles. The smallest absolute Gasteiger partial charge is 0.257 e. The van der Waals surface area contributed by atoms with Crippen molar-refractivity contribution in [2.45, 2.75) is 25.8 Å². The molecule has 188 valence electrons.